The van der Waals surface area contributed by atoms with E-state index in [2.05, 4.69) is 26.1 Å². The molecule has 0 spiro atoms. The Bertz CT molecular complexity index is 1340. The summed E-state index contributed by atoms with van der Waals surface area (Å²) in [7, 11) is 0. The lowest BCUT2D eigenvalue weighted by atomic mass is 9.99. The number of amides is 1. The van der Waals surface area contributed by atoms with E-state index in [0.717, 1.165) is 57.8 Å². The van der Waals surface area contributed by atoms with Crippen LogP contribution in [0.2, 0.25) is 0 Å². The first-order valence-electron chi connectivity index (χ1n) is 34.5. The fraction of sp³-hybridized carbons (Fsp3) is 0.941. The summed E-state index contributed by atoms with van der Waals surface area (Å²) in [5, 5.41) is 57.0. The summed E-state index contributed by atoms with van der Waals surface area (Å²) in [4.78, 5) is 26.6. The number of ether oxygens (including phenoxy) is 3. The Hall–Kier alpha value is -1.60. The predicted octanol–water partition coefficient (Wildman–Crippen LogP) is 17.1. The van der Waals surface area contributed by atoms with Gasteiger partial charge in [-0.25, -0.2) is 0 Å². The number of hydrogen-bond donors (Lipinski definition) is 6. The smallest absolute Gasteiger partial charge is 0.306 e. The molecule has 8 atom stereocenters. The highest BCUT2D eigenvalue weighted by Crippen LogP contribution is 2.26. The molecule has 468 valence electrons. The van der Waals surface area contributed by atoms with Gasteiger partial charge in [-0.05, 0) is 25.7 Å². The monoisotopic (exact) mass is 1120 g/mol. The molecule has 0 bridgehead atoms. The molecule has 8 unspecified atom stereocenters. The number of rotatable bonds is 60. The van der Waals surface area contributed by atoms with Gasteiger partial charge in [-0.1, -0.05) is 328 Å². The molecule has 1 aliphatic heterocycles. The van der Waals surface area contributed by atoms with E-state index < -0.39 is 67.4 Å². The van der Waals surface area contributed by atoms with Crippen molar-refractivity contribution in [1.82, 2.24) is 5.32 Å². The molecule has 1 amide bonds. The van der Waals surface area contributed by atoms with E-state index in [1.54, 1.807) is 6.08 Å². The average Bonchev–Trinajstić information content (AvgIpc) is 3.51. The summed E-state index contributed by atoms with van der Waals surface area (Å²) < 4.78 is 17.6. The Morgan fingerprint density at radius 2 is 0.823 bits per heavy atom. The fourth-order valence-corrected chi connectivity index (χ4v) is 11.2. The molecule has 1 saturated heterocycles. The number of carbonyl (C=O) groups is 2. The van der Waals surface area contributed by atoms with Crippen LogP contribution in [0.1, 0.15) is 348 Å². The van der Waals surface area contributed by atoms with Crippen molar-refractivity contribution in [3.8, 4) is 0 Å². The van der Waals surface area contributed by atoms with Crippen molar-refractivity contribution < 1.29 is 49.3 Å². The van der Waals surface area contributed by atoms with Crippen molar-refractivity contribution in [3.63, 3.8) is 0 Å². The number of esters is 1. The molecule has 6 N–H and O–H groups in total. The van der Waals surface area contributed by atoms with Crippen molar-refractivity contribution in [2.45, 2.75) is 397 Å². The molecule has 0 radical (unpaired) electrons. The van der Waals surface area contributed by atoms with E-state index in [9.17, 15) is 35.1 Å². The molecule has 0 aromatic rings. The second kappa shape index (κ2) is 56.9. The molecule has 0 aromatic heterocycles. The van der Waals surface area contributed by atoms with Crippen LogP contribution in [0.3, 0.4) is 0 Å². The standard InChI is InChI=1S/C68H131NO10/c1-4-7-10-13-16-19-22-24-25-26-27-28-29-30-31-32-33-34-35-36-38-40-43-46-49-52-55-61(72)67(76)69-59(60(71)54-51-48-45-42-39-21-18-15-12-9-6-3)58-77-68-66(65(75)64(74)62(57-70)78-68)79-63(73)56-53-50-47-44-41-37-23-20-17-14-11-8-5-2/h51,54,59-62,64-66,68,70-72,74-75H,4-50,52-53,55-58H2,1-3H3,(H,69,76)/b54-51+. The van der Waals surface area contributed by atoms with Gasteiger partial charge >= 0.3 is 5.97 Å². The normalized spacial score (nSPS) is 18.8. The highest BCUT2D eigenvalue weighted by Gasteiger charge is 2.47. The van der Waals surface area contributed by atoms with Crippen LogP contribution < -0.4 is 5.32 Å². The van der Waals surface area contributed by atoms with Gasteiger partial charge in [0, 0.05) is 6.42 Å². The number of aliphatic hydroxyl groups is 5. The van der Waals surface area contributed by atoms with Crippen LogP contribution >= 0.6 is 0 Å². The highest BCUT2D eigenvalue weighted by molar-refractivity contribution is 5.80. The number of allylic oxidation sites excluding steroid dienone is 1. The number of nitrogens with one attached hydrogen (secondary N) is 1. The molecular weight excluding hydrogens is 991 g/mol. The molecule has 11 nitrogen and oxygen atoms in total. The van der Waals surface area contributed by atoms with Crippen LogP contribution in [0.25, 0.3) is 0 Å². The van der Waals surface area contributed by atoms with E-state index in [-0.39, 0.29) is 13.0 Å². The van der Waals surface area contributed by atoms with E-state index in [0.29, 0.717) is 19.3 Å². The predicted molar refractivity (Wildman–Crippen MR) is 329 cm³/mol. The van der Waals surface area contributed by atoms with Crippen molar-refractivity contribution in [1.29, 1.82) is 0 Å². The Balaban J connectivity index is 2.51. The zero-order valence-corrected chi connectivity index (χ0v) is 52.0. The van der Waals surface area contributed by atoms with Gasteiger partial charge in [0.1, 0.15) is 24.4 Å². The van der Waals surface area contributed by atoms with Gasteiger partial charge in [-0.2, -0.15) is 0 Å². The Kier molecular flexibility index (Phi) is 54.3. The summed E-state index contributed by atoms with van der Waals surface area (Å²) in [6, 6.07) is -1.02. The van der Waals surface area contributed by atoms with Crippen molar-refractivity contribution in [2.75, 3.05) is 13.2 Å². The van der Waals surface area contributed by atoms with Gasteiger partial charge in [-0.15, -0.1) is 0 Å². The molecule has 0 aliphatic carbocycles. The van der Waals surface area contributed by atoms with Crippen LogP contribution in [0.5, 0.6) is 0 Å². The minimum absolute atomic E-state index is 0.131. The van der Waals surface area contributed by atoms with Gasteiger partial charge < -0.3 is 45.1 Å². The van der Waals surface area contributed by atoms with Crippen LogP contribution in [-0.4, -0.2) is 99.6 Å². The van der Waals surface area contributed by atoms with Crippen molar-refractivity contribution >= 4 is 11.9 Å². The van der Waals surface area contributed by atoms with Crippen LogP contribution in [0.4, 0.5) is 0 Å². The third kappa shape index (κ3) is 44.6. The highest BCUT2D eigenvalue weighted by atomic mass is 16.7. The number of aliphatic hydroxyl groups excluding tert-OH is 5. The molecule has 11 heteroatoms. The van der Waals surface area contributed by atoms with E-state index in [1.165, 1.54) is 244 Å². The summed E-state index contributed by atoms with van der Waals surface area (Å²) >= 11 is 0. The van der Waals surface area contributed by atoms with Crippen molar-refractivity contribution in [2.24, 2.45) is 0 Å². The lowest BCUT2D eigenvalue weighted by Crippen LogP contribution is -2.61. The lowest BCUT2D eigenvalue weighted by molar-refractivity contribution is -0.305. The maximum absolute atomic E-state index is 13.5. The molecular formula is C68H131NO10. The van der Waals surface area contributed by atoms with E-state index >= 15 is 0 Å². The van der Waals surface area contributed by atoms with E-state index in [1.807, 2.05) is 6.08 Å². The van der Waals surface area contributed by atoms with E-state index in [4.69, 9.17) is 14.2 Å². The first-order chi connectivity index (χ1) is 38.7. The molecule has 0 aromatic carbocycles. The Morgan fingerprint density at radius 1 is 0.481 bits per heavy atom. The first kappa shape index (κ1) is 75.4. The quantitative estimate of drug-likeness (QED) is 0.0195. The first-order valence-corrected chi connectivity index (χ1v) is 34.5. The minimum atomic E-state index is -1.61. The van der Waals surface area contributed by atoms with Gasteiger partial charge in [0.2, 0.25) is 5.91 Å². The number of unbranched alkanes of at least 4 members (excludes halogenated alkanes) is 46. The molecule has 1 aliphatic rings. The van der Waals surface area contributed by atoms with Gasteiger partial charge in [0.05, 0.1) is 25.4 Å². The van der Waals surface area contributed by atoms with Gasteiger partial charge in [-0.3, -0.25) is 9.59 Å². The molecule has 79 heavy (non-hydrogen) atoms. The van der Waals surface area contributed by atoms with Crippen LogP contribution in [-0.2, 0) is 23.8 Å². The fourth-order valence-electron chi connectivity index (χ4n) is 11.2. The second-order valence-electron chi connectivity index (χ2n) is 24.3. The van der Waals surface area contributed by atoms with Gasteiger partial charge in [0.25, 0.3) is 0 Å². The van der Waals surface area contributed by atoms with Gasteiger partial charge in [0.15, 0.2) is 12.4 Å². The SMILES string of the molecule is CCCCCCCCCCC/C=C/C(O)C(COC1OC(CO)C(O)C(O)C1OC(=O)CCCCCCCCCCCCCCC)NC(=O)C(O)CCCCCCCCCCCCCCCCCCCCCCCCCCCC. The topological polar surface area (TPSA) is 175 Å². The maximum Gasteiger partial charge on any atom is 0.306 e. The maximum atomic E-state index is 13.5. The lowest BCUT2D eigenvalue weighted by Gasteiger charge is -2.41. The molecule has 1 heterocycles. The summed E-state index contributed by atoms with van der Waals surface area (Å²) in [6.07, 6.45) is 55.6. The molecule has 0 saturated carbocycles. The summed E-state index contributed by atoms with van der Waals surface area (Å²) in [5.41, 5.74) is 0. The largest absolute Gasteiger partial charge is 0.454 e. The summed E-state index contributed by atoms with van der Waals surface area (Å²) in [6.45, 7) is 5.83. The zero-order valence-electron chi connectivity index (χ0n) is 52.0. The number of carbonyl (C=O) groups excluding carboxylic acids is 2. The van der Waals surface area contributed by atoms with Crippen LogP contribution in [0.15, 0.2) is 12.2 Å². The minimum Gasteiger partial charge on any atom is -0.454 e. The van der Waals surface area contributed by atoms with Crippen molar-refractivity contribution in [3.05, 3.63) is 12.2 Å². The number of hydrogen-bond acceptors (Lipinski definition) is 10. The third-order valence-corrected chi connectivity index (χ3v) is 16.7. The third-order valence-electron chi connectivity index (χ3n) is 16.7. The Morgan fingerprint density at radius 3 is 1.19 bits per heavy atom. The zero-order chi connectivity index (χ0) is 57.5. The molecule has 1 rings (SSSR count). The van der Waals surface area contributed by atoms with Crippen LogP contribution in [0, 0.1) is 0 Å². The Labute approximate surface area is 487 Å². The second-order valence-corrected chi connectivity index (χ2v) is 24.3. The summed E-state index contributed by atoms with van der Waals surface area (Å²) in [5.74, 6) is -1.17. The average molecular weight is 1120 g/mol. The molecule has 1 fully saturated rings.